The molecule has 0 aromatic heterocycles. The van der Waals surface area contributed by atoms with Gasteiger partial charge in [0.05, 0.1) is 0 Å². The Morgan fingerprint density at radius 3 is 2.74 bits per heavy atom. The highest BCUT2D eigenvalue weighted by atomic mass is 16.3. The molecule has 1 aromatic carbocycles. The summed E-state index contributed by atoms with van der Waals surface area (Å²) in [6.45, 7) is 5.73. The molecule has 2 N–H and O–H groups in total. The number of aliphatic hydroxyl groups excluding tert-OH is 1. The predicted molar refractivity (Wildman–Crippen MR) is 80.5 cm³/mol. The summed E-state index contributed by atoms with van der Waals surface area (Å²) in [6, 6.07) is 11.2. The van der Waals surface area contributed by atoms with E-state index < -0.39 is 0 Å². The van der Waals surface area contributed by atoms with Gasteiger partial charge in [0, 0.05) is 31.4 Å². The number of hydrogen-bond donors (Lipinski definition) is 2. The number of piperidine rings is 1. The summed E-state index contributed by atoms with van der Waals surface area (Å²) in [5.41, 5.74) is 1.30. The van der Waals surface area contributed by atoms with Crippen LogP contribution in [-0.4, -0.2) is 37.4 Å². The molecule has 3 nitrogen and oxygen atoms in total. The van der Waals surface area contributed by atoms with Gasteiger partial charge >= 0.3 is 0 Å². The predicted octanol–water partition coefficient (Wildman–Crippen LogP) is 2.26. The van der Waals surface area contributed by atoms with E-state index in [9.17, 15) is 5.11 Å². The van der Waals surface area contributed by atoms with Crippen molar-refractivity contribution in [3.8, 4) is 0 Å². The summed E-state index contributed by atoms with van der Waals surface area (Å²) in [5, 5.41) is 12.8. The number of aliphatic hydroxyl groups is 1. The van der Waals surface area contributed by atoms with Crippen LogP contribution in [0.15, 0.2) is 30.3 Å². The summed E-state index contributed by atoms with van der Waals surface area (Å²) in [7, 11) is 0. The van der Waals surface area contributed by atoms with E-state index in [0.29, 0.717) is 18.6 Å². The third kappa shape index (κ3) is 4.22. The van der Waals surface area contributed by atoms with Gasteiger partial charge in [-0.15, -0.1) is 0 Å². The van der Waals surface area contributed by atoms with Gasteiger partial charge in [0.25, 0.3) is 0 Å². The average Bonchev–Trinajstić information content (AvgIpc) is 2.46. The van der Waals surface area contributed by atoms with Gasteiger partial charge in [-0.05, 0) is 43.9 Å². The lowest BCUT2D eigenvalue weighted by molar-refractivity contribution is 0.230. The van der Waals surface area contributed by atoms with Crippen molar-refractivity contribution in [1.29, 1.82) is 0 Å². The second kappa shape index (κ2) is 7.51. The highest BCUT2D eigenvalue weighted by Crippen LogP contribution is 2.25. The van der Waals surface area contributed by atoms with Crippen molar-refractivity contribution in [3.63, 3.8) is 0 Å². The van der Waals surface area contributed by atoms with E-state index in [2.05, 4.69) is 47.5 Å². The van der Waals surface area contributed by atoms with Crippen molar-refractivity contribution < 1.29 is 5.11 Å². The molecule has 19 heavy (non-hydrogen) atoms. The highest BCUT2D eigenvalue weighted by molar-refractivity contribution is 5.46. The van der Waals surface area contributed by atoms with E-state index in [0.717, 1.165) is 26.1 Å². The first-order valence-electron chi connectivity index (χ1n) is 7.47. The fourth-order valence-electron chi connectivity index (χ4n) is 2.94. The lowest BCUT2D eigenvalue weighted by Gasteiger charge is -2.39. The van der Waals surface area contributed by atoms with Gasteiger partial charge in [-0.3, -0.25) is 0 Å². The Labute approximate surface area is 116 Å². The Morgan fingerprint density at radius 1 is 1.26 bits per heavy atom. The number of hydrogen-bond acceptors (Lipinski definition) is 3. The highest BCUT2D eigenvalue weighted by Gasteiger charge is 2.26. The molecular weight excluding hydrogens is 236 g/mol. The third-order valence-electron chi connectivity index (χ3n) is 3.88. The maximum atomic E-state index is 9.20. The summed E-state index contributed by atoms with van der Waals surface area (Å²) in [4.78, 5) is 2.46. The van der Waals surface area contributed by atoms with Crippen molar-refractivity contribution >= 4 is 5.69 Å². The van der Waals surface area contributed by atoms with Crippen LogP contribution in [0.1, 0.15) is 26.2 Å². The summed E-state index contributed by atoms with van der Waals surface area (Å²) in [6.07, 6.45) is 3.27. The normalized spacial score (nSPS) is 23.6. The van der Waals surface area contributed by atoms with E-state index in [1.165, 1.54) is 18.5 Å². The van der Waals surface area contributed by atoms with Crippen LogP contribution in [0.5, 0.6) is 0 Å². The zero-order valence-electron chi connectivity index (χ0n) is 11.9. The molecule has 0 saturated carbocycles. The van der Waals surface area contributed by atoms with Crippen LogP contribution < -0.4 is 10.2 Å². The van der Waals surface area contributed by atoms with Crippen molar-refractivity contribution in [2.45, 2.75) is 32.2 Å². The zero-order chi connectivity index (χ0) is 13.5. The SMILES string of the molecule is CCCNC1CC(CCO)CN(c2ccccc2)C1. The van der Waals surface area contributed by atoms with Gasteiger partial charge in [0.1, 0.15) is 0 Å². The number of nitrogens with zero attached hydrogens (tertiary/aromatic N) is 1. The number of para-hydroxylation sites is 1. The zero-order valence-corrected chi connectivity index (χ0v) is 11.9. The minimum Gasteiger partial charge on any atom is -0.396 e. The Hall–Kier alpha value is -1.06. The molecule has 1 saturated heterocycles. The van der Waals surface area contributed by atoms with Gasteiger partial charge in [0.15, 0.2) is 0 Å². The molecule has 1 aliphatic rings. The van der Waals surface area contributed by atoms with Crippen LogP contribution in [0.25, 0.3) is 0 Å². The molecule has 0 bridgehead atoms. The molecule has 106 valence electrons. The molecule has 0 spiro atoms. The standard InChI is InChI=1S/C16H26N2O/c1-2-9-17-15-11-14(8-10-19)12-18(13-15)16-6-4-3-5-7-16/h3-7,14-15,17,19H,2,8-13H2,1H3. The van der Waals surface area contributed by atoms with Crippen LogP contribution in [0, 0.1) is 5.92 Å². The number of nitrogens with one attached hydrogen (secondary N) is 1. The Bertz CT molecular complexity index is 355. The van der Waals surface area contributed by atoms with Crippen LogP contribution in [0.2, 0.25) is 0 Å². The molecule has 1 aromatic rings. The van der Waals surface area contributed by atoms with Crippen molar-refractivity contribution in [1.82, 2.24) is 5.32 Å². The van der Waals surface area contributed by atoms with Crippen LogP contribution >= 0.6 is 0 Å². The first kappa shape index (κ1) is 14.4. The van der Waals surface area contributed by atoms with Gasteiger partial charge in [0.2, 0.25) is 0 Å². The summed E-state index contributed by atoms with van der Waals surface area (Å²) < 4.78 is 0. The molecule has 1 aliphatic heterocycles. The van der Waals surface area contributed by atoms with Crippen LogP contribution in [0.4, 0.5) is 5.69 Å². The molecule has 1 heterocycles. The smallest absolute Gasteiger partial charge is 0.0434 e. The van der Waals surface area contributed by atoms with Crippen LogP contribution in [-0.2, 0) is 0 Å². The largest absolute Gasteiger partial charge is 0.396 e. The fourth-order valence-corrected chi connectivity index (χ4v) is 2.94. The first-order valence-corrected chi connectivity index (χ1v) is 7.47. The molecule has 0 aliphatic carbocycles. The van der Waals surface area contributed by atoms with E-state index in [1.807, 2.05) is 0 Å². The average molecular weight is 262 g/mol. The molecule has 1 fully saturated rings. The van der Waals surface area contributed by atoms with Crippen molar-refractivity contribution in [2.24, 2.45) is 5.92 Å². The molecular formula is C16H26N2O. The maximum Gasteiger partial charge on any atom is 0.0434 e. The van der Waals surface area contributed by atoms with E-state index in [1.54, 1.807) is 0 Å². The van der Waals surface area contributed by atoms with Gasteiger partial charge in [-0.25, -0.2) is 0 Å². The van der Waals surface area contributed by atoms with Crippen molar-refractivity contribution in [2.75, 3.05) is 31.1 Å². The molecule has 0 amide bonds. The van der Waals surface area contributed by atoms with Crippen LogP contribution in [0.3, 0.4) is 0 Å². The number of benzene rings is 1. The maximum absolute atomic E-state index is 9.20. The van der Waals surface area contributed by atoms with Gasteiger partial charge < -0.3 is 15.3 Å². The number of anilines is 1. The minimum absolute atomic E-state index is 0.299. The minimum atomic E-state index is 0.299. The fraction of sp³-hybridized carbons (Fsp3) is 0.625. The lowest BCUT2D eigenvalue weighted by atomic mass is 9.91. The Kier molecular flexibility index (Phi) is 5.67. The molecule has 2 rings (SSSR count). The second-order valence-corrected chi connectivity index (χ2v) is 5.51. The summed E-state index contributed by atoms with van der Waals surface area (Å²) in [5.74, 6) is 0.591. The molecule has 2 atom stereocenters. The number of rotatable bonds is 6. The van der Waals surface area contributed by atoms with E-state index in [4.69, 9.17) is 0 Å². The van der Waals surface area contributed by atoms with Crippen molar-refractivity contribution in [3.05, 3.63) is 30.3 Å². The Balaban J connectivity index is 2.01. The monoisotopic (exact) mass is 262 g/mol. The van der Waals surface area contributed by atoms with E-state index >= 15 is 0 Å². The summed E-state index contributed by atoms with van der Waals surface area (Å²) >= 11 is 0. The first-order chi connectivity index (χ1) is 9.33. The Morgan fingerprint density at radius 2 is 2.05 bits per heavy atom. The lowest BCUT2D eigenvalue weighted by Crippen LogP contribution is -2.49. The molecule has 2 unspecified atom stereocenters. The second-order valence-electron chi connectivity index (χ2n) is 5.51. The molecule has 3 heteroatoms. The quantitative estimate of drug-likeness (QED) is 0.825. The van der Waals surface area contributed by atoms with Gasteiger partial charge in [-0.2, -0.15) is 0 Å². The van der Waals surface area contributed by atoms with E-state index in [-0.39, 0.29) is 0 Å². The van der Waals surface area contributed by atoms with Gasteiger partial charge in [-0.1, -0.05) is 25.1 Å². The topological polar surface area (TPSA) is 35.5 Å². The molecule has 0 radical (unpaired) electrons. The third-order valence-corrected chi connectivity index (χ3v) is 3.88.